The van der Waals surface area contributed by atoms with Gasteiger partial charge in [0.05, 0.1) is 16.3 Å². The van der Waals surface area contributed by atoms with E-state index >= 15 is 0 Å². The standard InChI is InChI=1S/C22H22ClFN4O5S2/c1-27(2)35(32,33)28(21-9-4-3-8-20(21)24)15-22(29)25-17-10-12-19(13-11-17)34(30,31)26-18-7-5-6-16(23)14-18/h3-14,26H,15H2,1-2H3,(H,25,29). The predicted molar refractivity (Wildman–Crippen MR) is 134 cm³/mol. The van der Waals surface area contributed by atoms with Gasteiger partial charge in [-0.05, 0) is 54.6 Å². The third-order valence-corrected chi connectivity index (χ3v) is 8.11. The lowest BCUT2D eigenvalue weighted by molar-refractivity contribution is -0.114. The van der Waals surface area contributed by atoms with Crippen molar-refractivity contribution in [2.24, 2.45) is 0 Å². The summed E-state index contributed by atoms with van der Waals surface area (Å²) in [6.45, 7) is -0.710. The van der Waals surface area contributed by atoms with Crippen molar-refractivity contribution in [2.45, 2.75) is 4.90 Å². The summed E-state index contributed by atoms with van der Waals surface area (Å²) in [6, 6.07) is 16.6. The first-order valence-corrected chi connectivity index (χ1v) is 13.3. The van der Waals surface area contributed by atoms with E-state index in [0.717, 1.165) is 10.4 Å². The summed E-state index contributed by atoms with van der Waals surface area (Å²) >= 11 is 5.88. The number of carbonyl (C=O) groups excluding carboxylic acids is 1. The quantitative estimate of drug-likeness (QED) is 0.431. The van der Waals surface area contributed by atoms with Gasteiger partial charge in [0.1, 0.15) is 12.4 Å². The number of nitrogens with one attached hydrogen (secondary N) is 2. The molecule has 0 fully saturated rings. The minimum absolute atomic E-state index is 0.0707. The SMILES string of the molecule is CN(C)S(=O)(=O)N(CC(=O)Nc1ccc(S(=O)(=O)Nc2cccc(Cl)c2)cc1)c1ccccc1F. The van der Waals surface area contributed by atoms with Crippen LogP contribution in [-0.2, 0) is 25.0 Å². The van der Waals surface area contributed by atoms with Gasteiger partial charge < -0.3 is 5.32 Å². The Labute approximate surface area is 208 Å². The molecule has 13 heteroatoms. The summed E-state index contributed by atoms with van der Waals surface area (Å²) in [6.07, 6.45) is 0. The van der Waals surface area contributed by atoms with Crippen molar-refractivity contribution in [1.29, 1.82) is 0 Å². The minimum atomic E-state index is -4.19. The van der Waals surface area contributed by atoms with Crippen LogP contribution in [0.4, 0.5) is 21.5 Å². The number of benzene rings is 3. The lowest BCUT2D eigenvalue weighted by atomic mass is 10.3. The lowest BCUT2D eigenvalue weighted by Crippen LogP contribution is -2.44. The molecule has 2 N–H and O–H groups in total. The number of hydrogen-bond donors (Lipinski definition) is 2. The third kappa shape index (κ3) is 6.48. The molecule has 3 rings (SSSR count). The van der Waals surface area contributed by atoms with Crippen LogP contribution >= 0.6 is 11.6 Å². The molecule has 0 unspecified atom stereocenters. The second-order valence-electron chi connectivity index (χ2n) is 7.44. The van der Waals surface area contributed by atoms with Crippen molar-refractivity contribution in [1.82, 2.24) is 4.31 Å². The van der Waals surface area contributed by atoms with Gasteiger partial charge in [0.2, 0.25) is 5.91 Å². The molecule has 0 aliphatic rings. The largest absolute Gasteiger partial charge is 0.325 e. The van der Waals surface area contributed by atoms with Crippen LogP contribution in [0.15, 0.2) is 77.7 Å². The first-order valence-electron chi connectivity index (χ1n) is 10.0. The summed E-state index contributed by atoms with van der Waals surface area (Å²) in [5.41, 5.74) is 0.211. The van der Waals surface area contributed by atoms with Gasteiger partial charge in [-0.2, -0.15) is 12.7 Å². The van der Waals surface area contributed by atoms with E-state index in [2.05, 4.69) is 10.0 Å². The van der Waals surface area contributed by atoms with Crippen LogP contribution in [0.3, 0.4) is 0 Å². The molecule has 1 amide bonds. The van der Waals surface area contributed by atoms with Crippen molar-refractivity contribution in [3.8, 4) is 0 Å². The Hall–Kier alpha value is -3.19. The topological polar surface area (TPSA) is 116 Å². The molecule has 3 aromatic carbocycles. The fourth-order valence-electron chi connectivity index (χ4n) is 2.96. The van der Waals surface area contributed by atoms with Crippen LogP contribution in [0.1, 0.15) is 0 Å². The zero-order valence-corrected chi connectivity index (χ0v) is 21.0. The average Bonchev–Trinajstić information content (AvgIpc) is 2.78. The number of sulfonamides is 1. The predicted octanol–water partition coefficient (Wildman–Crippen LogP) is 3.53. The second kappa shape index (κ2) is 10.6. The fourth-order valence-corrected chi connectivity index (χ4v) is 5.27. The van der Waals surface area contributed by atoms with Crippen LogP contribution in [0, 0.1) is 5.82 Å². The van der Waals surface area contributed by atoms with Crippen LogP contribution in [0.5, 0.6) is 0 Å². The molecular weight excluding hydrogens is 519 g/mol. The van der Waals surface area contributed by atoms with Crippen molar-refractivity contribution in [2.75, 3.05) is 35.0 Å². The fraction of sp³-hybridized carbons (Fsp3) is 0.136. The Morgan fingerprint density at radius 1 is 0.914 bits per heavy atom. The van der Waals surface area contributed by atoms with Gasteiger partial charge in [0.25, 0.3) is 10.0 Å². The van der Waals surface area contributed by atoms with Gasteiger partial charge in [-0.1, -0.05) is 29.8 Å². The van der Waals surface area contributed by atoms with E-state index in [1.165, 1.54) is 62.6 Å². The molecule has 0 aliphatic heterocycles. The molecule has 0 spiro atoms. The summed E-state index contributed by atoms with van der Waals surface area (Å²) in [7, 11) is -5.59. The normalized spacial score (nSPS) is 11.8. The van der Waals surface area contributed by atoms with E-state index < -0.39 is 38.5 Å². The monoisotopic (exact) mass is 540 g/mol. The Balaban J connectivity index is 1.76. The molecule has 0 atom stereocenters. The molecule has 0 saturated heterocycles. The molecule has 0 radical (unpaired) electrons. The highest BCUT2D eigenvalue weighted by Gasteiger charge is 2.29. The van der Waals surface area contributed by atoms with E-state index in [0.29, 0.717) is 9.33 Å². The summed E-state index contributed by atoms with van der Waals surface area (Å²) in [5.74, 6) is -1.57. The molecule has 0 bridgehead atoms. The third-order valence-electron chi connectivity index (χ3n) is 4.67. The van der Waals surface area contributed by atoms with Gasteiger partial charge >= 0.3 is 10.2 Å². The molecule has 186 valence electrons. The maximum atomic E-state index is 14.3. The lowest BCUT2D eigenvalue weighted by Gasteiger charge is -2.27. The van der Waals surface area contributed by atoms with Crippen molar-refractivity contribution >= 4 is 54.8 Å². The van der Waals surface area contributed by atoms with Crippen LogP contribution < -0.4 is 14.3 Å². The maximum Gasteiger partial charge on any atom is 0.304 e. The summed E-state index contributed by atoms with van der Waals surface area (Å²) in [5, 5.41) is 2.85. The summed E-state index contributed by atoms with van der Waals surface area (Å²) < 4.78 is 68.9. The molecule has 0 saturated carbocycles. The van der Waals surface area contributed by atoms with Gasteiger partial charge in [-0.15, -0.1) is 0 Å². The van der Waals surface area contributed by atoms with Gasteiger partial charge in [-0.25, -0.2) is 17.1 Å². The van der Waals surface area contributed by atoms with E-state index in [1.54, 1.807) is 18.2 Å². The van der Waals surface area contributed by atoms with Crippen molar-refractivity contribution in [3.05, 3.63) is 83.6 Å². The van der Waals surface area contributed by atoms with Crippen LogP contribution in [-0.4, -0.2) is 47.7 Å². The zero-order chi connectivity index (χ0) is 25.8. The summed E-state index contributed by atoms with van der Waals surface area (Å²) in [4.78, 5) is 12.6. The van der Waals surface area contributed by atoms with E-state index in [-0.39, 0.29) is 22.0 Å². The molecule has 0 aliphatic carbocycles. The van der Waals surface area contributed by atoms with Crippen molar-refractivity contribution in [3.63, 3.8) is 0 Å². The van der Waals surface area contributed by atoms with Crippen LogP contribution in [0.25, 0.3) is 0 Å². The Morgan fingerprint density at radius 3 is 2.17 bits per heavy atom. The van der Waals surface area contributed by atoms with Gasteiger partial charge in [-0.3, -0.25) is 9.52 Å². The maximum absolute atomic E-state index is 14.3. The van der Waals surface area contributed by atoms with Crippen LogP contribution in [0.2, 0.25) is 5.02 Å². The Morgan fingerprint density at radius 2 is 1.57 bits per heavy atom. The first-order chi connectivity index (χ1) is 16.4. The Kier molecular flexibility index (Phi) is 8.00. The molecule has 0 heterocycles. The molecule has 3 aromatic rings. The smallest absolute Gasteiger partial charge is 0.304 e. The Bertz CT molecular complexity index is 1430. The minimum Gasteiger partial charge on any atom is -0.325 e. The highest BCUT2D eigenvalue weighted by atomic mass is 35.5. The average molecular weight is 541 g/mol. The number of rotatable bonds is 9. The van der Waals surface area contributed by atoms with E-state index in [9.17, 15) is 26.0 Å². The molecular formula is C22H22ClFN4O5S2. The van der Waals surface area contributed by atoms with Gasteiger partial charge in [0, 0.05) is 24.8 Å². The van der Waals surface area contributed by atoms with E-state index in [4.69, 9.17) is 11.6 Å². The number of halogens is 2. The number of anilines is 3. The number of hydrogen-bond acceptors (Lipinski definition) is 5. The molecule has 9 nitrogen and oxygen atoms in total. The van der Waals surface area contributed by atoms with Gasteiger partial charge in [0.15, 0.2) is 0 Å². The number of carbonyl (C=O) groups is 1. The number of nitrogens with zero attached hydrogens (tertiary/aromatic N) is 2. The molecule has 0 aromatic heterocycles. The first kappa shape index (κ1) is 26.4. The van der Waals surface area contributed by atoms with Crippen molar-refractivity contribution < 1.29 is 26.0 Å². The second-order valence-corrected chi connectivity index (χ2v) is 11.6. The zero-order valence-electron chi connectivity index (χ0n) is 18.6. The van der Waals surface area contributed by atoms with E-state index in [1.807, 2.05) is 0 Å². The highest BCUT2D eigenvalue weighted by molar-refractivity contribution is 7.92. The number of amides is 1. The molecule has 35 heavy (non-hydrogen) atoms. The number of para-hydroxylation sites is 1. The highest BCUT2D eigenvalue weighted by Crippen LogP contribution is 2.24.